The molecule has 0 aliphatic carbocycles. The van der Waals surface area contributed by atoms with Crippen LogP contribution in [0.1, 0.15) is 17.5 Å². The van der Waals surface area contributed by atoms with Crippen LogP contribution in [0.2, 0.25) is 5.02 Å². The molecule has 1 aliphatic heterocycles. The van der Waals surface area contributed by atoms with Gasteiger partial charge in [-0.15, -0.1) is 0 Å². The maximum atomic E-state index is 13.4. The van der Waals surface area contributed by atoms with E-state index in [9.17, 15) is 14.4 Å². The molecule has 0 radical (unpaired) electrons. The van der Waals surface area contributed by atoms with Gasteiger partial charge in [-0.05, 0) is 28.8 Å². The molecule has 0 unspecified atom stereocenters. The Bertz CT molecular complexity index is 1080. The van der Waals surface area contributed by atoms with Crippen molar-refractivity contribution in [2.45, 2.75) is 25.0 Å². The summed E-state index contributed by atoms with van der Waals surface area (Å²) in [5, 5.41) is 0.313. The van der Waals surface area contributed by atoms with Gasteiger partial charge in [0.15, 0.2) is 5.54 Å². The predicted octanol–water partition coefficient (Wildman–Crippen LogP) is 4.13. The van der Waals surface area contributed by atoms with Crippen molar-refractivity contribution in [1.82, 2.24) is 0 Å². The van der Waals surface area contributed by atoms with Crippen molar-refractivity contribution in [1.29, 1.82) is 0 Å². The molecule has 0 N–H and O–H groups in total. The number of nitrogens with zero attached hydrogens (tertiary/aromatic N) is 1. The van der Waals surface area contributed by atoms with E-state index >= 15 is 0 Å². The van der Waals surface area contributed by atoms with Gasteiger partial charge >= 0.3 is 11.9 Å². The summed E-state index contributed by atoms with van der Waals surface area (Å²) in [6, 6.07) is 16.3. The fourth-order valence-electron chi connectivity index (χ4n) is 3.24. The Kier molecular flexibility index (Phi) is 8.30. The van der Waals surface area contributed by atoms with Gasteiger partial charge in [0.05, 0.1) is 20.6 Å². The van der Waals surface area contributed by atoms with E-state index in [1.165, 1.54) is 14.2 Å². The normalized spacial score (nSPS) is 18.0. The van der Waals surface area contributed by atoms with Crippen molar-refractivity contribution in [2.75, 3.05) is 14.2 Å². The lowest BCUT2D eigenvalue weighted by Crippen LogP contribution is -2.38. The smallest absolute Gasteiger partial charge is 0.330 e. The number of halogens is 1. The van der Waals surface area contributed by atoms with Gasteiger partial charge in [0.1, 0.15) is 6.61 Å². The molecule has 1 aliphatic rings. The number of hydrogen-bond donors (Lipinski definition) is 0. The molecular formula is C24H22ClNO6S. The van der Waals surface area contributed by atoms with Crippen LogP contribution in [0.5, 0.6) is 0 Å². The zero-order valence-electron chi connectivity index (χ0n) is 18.1. The topological polar surface area (TPSA) is 91.3 Å². The molecule has 3 rings (SSSR count). The molecule has 0 bridgehead atoms. The highest BCUT2D eigenvalue weighted by molar-refractivity contribution is 8.26. The van der Waals surface area contributed by atoms with Gasteiger partial charge in [0, 0.05) is 29.3 Å². The first-order valence-corrected chi connectivity index (χ1v) is 11.1. The number of benzene rings is 2. The fourth-order valence-corrected chi connectivity index (χ4v) is 4.26. The van der Waals surface area contributed by atoms with E-state index in [1.807, 2.05) is 30.3 Å². The van der Waals surface area contributed by atoms with E-state index in [2.05, 4.69) is 4.99 Å². The lowest BCUT2D eigenvalue weighted by molar-refractivity contribution is -0.139. The molecule has 9 heteroatoms. The van der Waals surface area contributed by atoms with Crippen LogP contribution in [0.3, 0.4) is 0 Å². The predicted molar refractivity (Wildman–Crippen MR) is 126 cm³/mol. The first-order valence-electron chi connectivity index (χ1n) is 9.95. The highest BCUT2D eigenvalue weighted by atomic mass is 35.5. The summed E-state index contributed by atoms with van der Waals surface area (Å²) in [7, 11) is 2.44. The number of methoxy groups -OCH3 is 2. The van der Waals surface area contributed by atoms with Gasteiger partial charge in [0.25, 0.3) is 5.23 Å². The molecule has 0 spiro atoms. The zero-order valence-corrected chi connectivity index (χ0v) is 19.7. The van der Waals surface area contributed by atoms with Crippen molar-refractivity contribution in [3.05, 3.63) is 82.4 Å². The second-order valence-corrected chi connectivity index (χ2v) is 8.51. The average Bonchev–Trinajstić information content (AvgIpc) is 3.15. The lowest BCUT2D eigenvalue weighted by Gasteiger charge is -2.26. The van der Waals surface area contributed by atoms with E-state index in [0.717, 1.165) is 29.0 Å². The van der Waals surface area contributed by atoms with Crippen LogP contribution in [0.25, 0.3) is 0 Å². The van der Waals surface area contributed by atoms with Crippen LogP contribution in [0.15, 0.2) is 71.2 Å². The van der Waals surface area contributed by atoms with Crippen molar-refractivity contribution in [2.24, 2.45) is 4.99 Å². The molecule has 33 heavy (non-hydrogen) atoms. The summed E-state index contributed by atoms with van der Waals surface area (Å²) < 4.78 is 15.3. The lowest BCUT2D eigenvalue weighted by atomic mass is 9.83. The summed E-state index contributed by atoms with van der Waals surface area (Å²) in [5.74, 6) is -1.33. The maximum Gasteiger partial charge on any atom is 0.330 e. The highest BCUT2D eigenvalue weighted by Gasteiger charge is 2.49. The SMILES string of the molecule is COC(=O)/C=C(\CC(=O)OC)[C@]1(Cc2ccc(Cl)cc2)N=C(OCc2ccccc2)SC1=O. The van der Waals surface area contributed by atoms with Gasteiger partial charge in [0.2, 0.25) is 5.12 Å². The van der Waals surface area contributed by atoms with Gasteiger partial charge in [-0.25, -0.2) is 9.79 Å². The minimum absolute atomic E-state index is 0.0913. The number of ether oxygens (including phenoxy) is 3. The van der Waals surface area contributed by atoms with Gasteiger partial charge in [-0.1, -0.05) is 54.1 Å². The Hall–Kier alpha value is -3.10. The third-order valence-electron chi connectivity index (χ3n) is 4.97. The molecular weight excluding hydrogens is 466 g/mol. The number of aliphatic imine (C=N–C) groups is 1. The Morgan fingerprint density at radius 1 is 1.03 bits per heavy atom. The van der Waals surface area contributed by atoms with Gasteiger partial charge in [-0.2, -0.15) is 0 Å². The molecule has 2 aromatic rings. The molecule has 172 valence electrons. The number of rotatable bonds is 8. The molecule has 0 saturated carbocycles. The first kappa shape index (κ1) is 24.5. The number of carbonyl (C=O) groups excluding carboxylic acids is 3. The van der Waals surface area contributed by atoms with Crippen LogP contribution < -0.4 is 0 Å². The standard InChI is InChI=1S/C24H22ClNO6S/c1-30-20(27)12-18(13-21(28)31-2)24(14-16-8-10-19(25)11-9-16)22(29)33-23(26-24)32-15-17-6-4-3-5-7-17/h3-12H,13-15H2,1-2H3/b18-12+/t24-/m0/s1. The third-order valence-corrected chi connectivity index (χ3v) is 6.12. The summed E-state index contributed by atoms with van der Waals surface area (Å²) in [4.78, 5) is 42.2. The molecule has 0 amide bonds. The maximum absolute atomic E-state index is 13.4. The molecule has 0 fully saturated rings. The van der Waals surface area contributed by atoms with E-state index < -0.39 is 17.5 Å². The van der Waals surface area contributed by atoms with E-state index in [1.54, 1.807) is 24.3 Å². The van der Waals surface area contributed by atoms with Crippen molar-refractivity contribution in [3.63, 3.8) is 0 Å². The van der Waals surface area contributed by atoms with E-state index in [-0.39, 0.29) is 35.4 Å². The molecule has 0 saturated heterocycles. The van der Waals surface area contributed by atoms with E-state index in [4.69, 9.17) is 25.8 Å². The minimum Gasteiger partial charge on any atom is -0.469 e. The van der Waals surface area contributed by atoms with Crippen molar-refractivity contribution >= 4 is 45.6 Å². The van der Waals surface area contributed by atoms with E-state index in [0.29, 0.717) is 5.02 Å². The third kappa shape index (κ3) is 6.24. The molecule has 7 nitrogen and oxygen atoms in total. The Balaban J connectivity index is 2.02. The van der Waals surface area contributed by atoms with Crippen LogP contribution in [0, 0.1) is 0 Å². The van der Waals surface area contributed by atoms with Crippen LogP contribution >= 0.6 is 23.4 Å². The summed E-state index contributed by atoms with van der Waals surface area (Å²) in [6.45, 7) is 0.212. The monoisotopic (exact) mass is 487 g/mol. The van der Waals surface area contributed by atoms with Crippen LogP contribution in [-0.4, -0.2) is 42.0 Å². The zero-order chi connectivity index (χ0) is 23.8. The summed E-state index contributed by atoms with van der Waals surface area (Å²) >= 11 is 6.83. The number of carbonyl (C=O) groups is 3. The Labute approximate surface area is 200 Å². The number of thioether (sulfide) groups is 1. The largest absolute Gasteiger partial charge is 0.469 e. The average molecular weight is 488 g/mol. The molecule has 0 aromatic heterocycles. The summed E-state index contributed by atoms with van der Waals surface area (Å²) in [5.41, 5.74) is 0.254. The number of hydrogen-bond acceptors (Lipinski definition) is 8. The second kappa shape index (κ2) is 11.2. The summed E-state index contributed by atoms with van der Waals surface area (Å²) in [6.07, 6.45) is 0.893. The van der Waals surface area contributed by atoms with Crippen LogP contribution in [-0.2, 0) is 41.6 Å². The first-order chi connectivity index (χ1) is 15.9. The van der Waals surface area contributed by atoms with Gasteiger partial charge < -0.3 is 14.2 Å². The molecule has 1 atom stereocenters. The number of esters is 2. The Morgan fingerprint density at radius 3 is 2.36 bits per heavy atom. The second-order valence-electron chi connectivity index (χ2n) is 7.15. The molecule has 1 heterocycles. The van der Waals surface area contributed by atoms with Crippen molar-refractivity contribution < 1.29 is 28.6 Å². The van der Waals surface area contributed by atoms with Gasteiger partial charge in [-0.3, -0.25) is 9.59 Å². The van der Waals surface area contributed by atoms with Crippen LogP contribution in [0.4, 0.5) is 0 Å². The highest BCUT2D eigenvalue weighted by Crippen LogP contribution is 2.41. The van der Waals surface area contributed by atoms with Crippen molar-refractivity contribution in [3.8, 4) is 0 Å². The quantitative estimate of drug-likeness (QED) is 0.408. The fraction of sp³-hybridized carbons (Fsp3) is 0.250. The Morgan fingerprint density at radius 2 is 1.73 bits per heavy atom. The minimum atomic E-state index is -1.55. The molecule has 2 aromatic carbocycles.